The van der Waals surface area contributed by atoms with E-state index in [9.17, 15) is 9.59 Å². The van der Waals surface area contributed by atoms with E-state index in [0.29, 0.717) is 25.1 Å². The largest absolute Gasteiger partial charge is 0.493 e. The Morgan fingerprint density at radius 3 is 3.00 bits per heavy atom. The first-order chi connectivity index (χ1) is 13.6. The van der Waals surface area contributed by atoms with Crippen molar-refractivity contribution in [2.24, 2.45) is 0 Å². The quantitative estimate of drug-likeness (QED) is 0.892. The summed E-state index contributed by atoms with van der Waals surface area (Å²) in [5.74, 6) is 0.927. The first-order valence-corrected chi connectivity index (χ1v) is 10.1. The Kier molecular flexibility index (Phi) is 3.93. The van der Waals surface area contributed by atoms with Crippen LogP contribution < -0.4 is 10.1 Å². The summed E-state index contributed by atoms with van der Waals surface area (Å²) < 4.78 is 5.57. The molecule has 2 amide bonds. The summed E-state index contributed by atoms with van der Waals surface area (Å²) in [6.07, 6.45) is 3.24. The molecular formula is C23H24N2O3. The van der Waals surface area contributed by atoms with E-state index in [0.717, 1.165) is 41.8 Å². The van der Waals surface area contributed by atoms with Gasteiger partial charge < -0.3 is 15.0 Å². The zero-order chi connectivity index (χ0) is 19.3. The molecule has 0 unspecified atom stereocenters. The summed E-state index contributed by atoms with van der Waals surface area (Å²) in [5, 5.41) is 3.06. The summed E-state index contributed by atoms with van der Waals surface area (Å²) in [5.41, 5.74) is 3.07. The minimum atomic E-state index is -0.637. The fourth-order valence-electron chi connectivity index (χ4n) is 5.21. The topological polar surface area (TPSA) is 58.6 Å². The predicted octanol–water partition coefficient (Wildman–Crippen LogP) is 3.53. The number of likely N-dealkylation sites (tertiary alicyclic amines) is 1. The van der Waals surface area contributed by atoms with Crippen molar-refractivity contribution >= 4 is 17.5 Å². The highest BCUT2D eigenvalue weighted by Gasteiger charge is 2.58. The van der Waals surface area contributed by atoms with Crippen molar-refractivity contribution in [1.29, 1.82) is 0 Å². The molecule has 3 aliphatic heterocycles. The zero-order valence-electron chi connectivity index (χ0n) is 16.0. The van der Waals surface area contributed by atoms with E-state index in [-0.39, 0.29) is 17.9 Å². The number of hydrogen-bond acceptors (Lipinski definition) is 3. The third-order valence-corrected chi connectivity index (χ3v) is 6.51. The van der Waals surface area contributed by atoms with E-state index in [1.807, 2.05) is 47.4 Å². The smallest absolute Gasteiger partial charge is 0.254 e. The molecule has 5 nitrogen and oxygen atoms in total. The van der Waals surface area contributed by atoms with E-state index in [1.165, 1.54) is 0 Å². The van der Waals surface area contributed by atoms with Crippen LogP contribution in [-0.4, -0.2) is 35.9 Å². The molecule has 5 heteroatoms. The van der Waals surface area contributed by atoms with Gasteiger partial charge in [0.15, 0.2) is 0 Å². The molecule has 0 aliphatic carbocycles. The number of anilines is 1. The van der Waals surface area contributed by atoms with Gasteiger partial charge in [-0.2, -0.15) is 0 Å². The summed E-state index contributed by atoms with van der Waals surface area (Å²) in [6.45, 7) is 3.38. The lowest BCUT2D eigenvalue weighted by atomic mass is 9.73. The van der Waals surface area contributed by atoms with E-state index in [4.69, 9.17) is 4.74 Å². The number of amides is 2. The SMILES string of the molecule is CCC[C@@H]1N(C(=O)c2ccc3c(c2)CCO3)CC[C@@]12C(=O)Nc1ccccc12. The molecule has 1 spiro atoms. The van der Waals surface area contributed by atoms with Crippen LogP contribution in [0, 0.1) is 0 Å². The van der Waals surface area contributed by atoms with Gasteiger partial charge in [0.1, 0.15) is 5.75 Å². The highest BCUT2D eigenvalue weighted by molar-refractivity contribution is 6.08. The van der Waals surface area contributed by atoms with Gasteiger partial charge in [0.2, 0.25) is 5.91 Å². The van der Waals surface area contributed by atoms with Crippen molar-refractivity contribution in [2.45, 2.75) is 44.1 Å². The van der Waals surface area contributed by atoms with Gasteiger partial charge in [-0.3, -0.25) is 9.59 Å². The highest BCUT2D eigenvalue weighted by atomic mass is 16.5. The standard InChI is InChI=1S/C23H24N2O3/c1-2-5-20-23(17-6-3-4-7-18(17)24-22(23)27)11-12-25(20)21(26)16-8-9-19-15(14-16)10-13-28-19/h3-4,6-9,14,20H,2,5,10-13H2,1H3,(H,24,27)/t20-,23-/m0/s1. The van der Waals surface area contributed by atoms with Crippen LogP contribution >= 0.6 is 0 Å². The van der Waals surface area contributed by atoms with Gasteiger partial charge in [-0.05, 0) is 48.2 Å². The van der Waals surface area contributed by atoms with E-state index in [1.54, 1.807) is 0 Å². The van der Waals surface area contributed by atoms with Crippen LogP contribution in [0.1, 0.15) is 47.7 Å². The lowest BCUT2D eigenvalue weighted by Crippen LogP contribution is -2.48. The molecule has 0 bridgehead atoms. The number of nitrogens with one attached hydrogen (secondary N) is 1. The molecule has 2 atom stereocenters. The van der Waals surface area contributed by atoms with Gasteiger partial charge in [-0.15, -0.1) is 0 Å². The van der Waals surface area contributed by atoms with Crippen molar-refractivity contribution in [3.05, 3.63) is 59.2 Å². The highest BCUT2D eigenvalue weighted by Crippen LogP contribution is 2.49. The van der Waals surface area contributed by atoms with Crippen molar-refractivity contribution < 1.29 is 14.3 Å². The number of fused-ring (bicyclic) bond motifs is 3. The second-order valence-corrected chi connectivity index (χ2v) is 7.95. The van der Waals surface area contributed by atoms with Crippen LogP contribution in [0.4, 0.5) is 5.69 Å². The van der Waals surface area contributed by atoms with Crippen LogP contribution in [0.15, 0.2) is 42.5 Å². The Morgan fingerprint density at radius 1 is 1.29 bits per heavy atom. The molecule has 5 rings (SSSR count). The lowest BCUT2D eigenvalue weighted by molar-refractivity contribution is -0.121. The summed E-state index contributed by atoms with van der Waals surface area (Å²) in [4.78, 5) is 28.5. The van der Waals surface area contributed by atoms with Crippen molar-refractivity contribution in [2.75, 3.05) is 18.5 Å². The van der Waals surface area contributed by atoms with Gasteiger partial charge in [-0.25, -0.2) is 0 Å². The zero-order valence-corrected chi connectivity index (χ0v) is 16.0. The normalized spacial score (nSPS) is 24.8. The lowest BCUT2D eigenvalue weighted by Gasteiger charge is -2.34. The van der Waals surface area contributed by atoms with Gasteiger partial charge in [0.05, 0.1) is 18.1 Å². The number of hydrogen-bond donors (Lipinski definition) is 1. The summed E-state index contributed by atoms with van der Waals surface area (Å²) in [6, 6.07) is 13.5. The Bertz CT molecular complexity index is 970. The number of rotatable bonds is 3. The van der Waals surface area contributed by atoms with Gasteiger partial charge in [-0.1, -0.05) is 31.5 Å². The second kappa shape index (κ2) is 6.36. The van der Waals surface area contributed by atoms with Crippen molar-refractivity contribution in [3.63, 3.8) is 0 Å². The molecule has 28 heavy (non-hydrogen) atoms. The molecule has 2 aromatic rings. The third kappa shape index (κ3) is 2.32. The first-order valence-electron chi connectivity index (χ1n) is 10.1. The molecule has 1 fully saturated rings. The molecule has 1 saturated heterocycles. The maximum Gasteiger partial charge on any atom is 0.254 e. The summed E-state index contributed by atoms with van der Waals surface area (Å²) in [7, 11) is 0. The minimum absolute atomic E-state index is 0.0159. The van der Waals surface area contributed by atoms with Gasteiger partial charge >= 0.3 is 0 Å². The molecule has 3 heterocycles. The molecule has 0 aromatic heterocycles. The maximum atomic E-state index is 13.4. The van der Waals surface area contributed by atoms with Crippen LogP contribution in [0.3, 0.4) is 0 Å². The molecule has 0 saturated carbocycles. The van der Waals surface area contributed by atoms with Crippen LogP contribution in [0.5, 0.6) is 5.75 Å². The molecule has 0 radical (unpaired) electrons. The number of nitrogens with zero attached hydrogens (tertiary/aromatic N) is 1. The number of ether oxygens (including phenoxy) is 1. The van der Waals surface area contributed by atoms with Crippen molar-refractivity contribution in [3.8, 4) is 5.75 Å². The Labute approximate surface area is 164 Å². The third-order valence-electron chi connectivity index (χ3n) is 6.51. The Balaban J connectivity index is 1.53. The average Bonchev–Trinajstić information content (AvgIpc) is 3.39. The molecule has 2 aromatic carbocycles. The van der Waals surface area contributed by atoms with Gasteiger partial charge in [0.25, 0.3) is 5.91 Å². The molecule has 3 aliphatic rings. The summed E-state index contributed by atoms with van der Waals surface area (Å²) >= 11 is 0. The van der Waals surface area contributed by atoms with E-state index >= 15 is 0 Å². The molecular weight excluding hydrogens is 352 g/mol. The van der Waals surface area contributed by atoms with Gasteiger partial charge in [0, 0.05) is 24.2 Å². The molecule has 1 N–H and O–H groups in total. The number of benzene rings is 2. The van der Waals surface area contributed by atoms with E-state index in [2.05, 4.69) is 12.2 Å². The minimum Gasteiger partial charge on any atom is -0.493 e. The predicted molar refractivity (Wildman–Crippen MR) is 107 cm³/mol. The van der Waals surface area contributed by atoms with Crippen LogP contribution in [-0.2, 0) is 16.6 Å². The maximum absolute atomic E-state index is 13.4. The van der Waals surface area contributed by atoms with Crippen LogP contribution in [0.25, 0.3) is 0 Å². The number of para-hydroxylation sites is 1. The Morgan fingerprint density at radius 2 is 2.14 bits per heavy atom. The monoisotopic (exact) mass is 376 g/mol. The fraction of sp³-hybridized carbons (Fsp3) is 0.391. The Hall–Kier alpha value is -2.82. The number of carbonyl (C=O) groups excluding carboxylic acids is 2. The fourth-order valence-corrected chi connectivity index (χ4v) is 5.21. The first kappa shape index (κ1) is 17.3. The second-order valence-electron chi connectivity index (χ2n) is 7.95. The average molecular weight is 376 g/mol. The molecule has 144 valence electrons. The van der Waals surface area contributed by atoms with E-state index < -0.39 is 5.41 Å². The number of carbonyl (C=O) groups is 2. The van der Waals surface area contributed by atoms with Crippen molar-refractivity contribution in [1.82, 2.24) is 4.90 Å². The van der Waals surface area contributed by atoms with Crippen LogP contribution in [0.2, 0.25) is 0 Å².